The third-order valence-electron chi connectivity index (χ3n) is 4.72. The molecule has 0 saturated heterocycles. The van der Waals surface area contributed by atoms with Crippen LogP contribution >= 0.6 is 0 Å². The Morgan fingerprint density at radius 1 is 0.970 bits per heavy atom. The molecule has 0 spiro atoms. The molecule has 0 fully saturated rings. The van der Waals surface area contributed by atoms with Crippen molar-refractivity contribution in [1.29, 1.82) is 0 Å². The van der Waals surface area contributed by atoms with Gasteiger partial charge in [0, 0.05) is 24.7 Å². The Bertz CT molecular complexity index is 1210. The number of anilines is 3. The van der Waals surface area contributed by atoms with E-state index in [0.29, 0.717) is 30.5 Å². The summed E-state index contributed by atoms with van der Waals surface area (Å²) in [7, 11) is 3.21. The number of nitrogens with zero attached hydrogens (tertiary/aromatic N) is 4. The smallest absolute Gasteiger partial charge is 0.250 e. The lowest BCUT2D eigenvalue weighted by molar-refractivity contribution is -0.121. The summed E-state index contributed by atoms with van der Waals surface area (Å²) in [6.45, 7) is 0.788. The highest BCUT2D eigenvalue weighted by Crippen LogP contribution is 2.21. The predicted octanol–water partition coefficient (Wildman–Crippen LogP) is 3.17. The summed E-state index contributed by atoms with van der Waals surface area (Å²) in [6.07, 6.45) is 3.44. The molecule has 2 aromatic heterocycles. The lowest BCUT2D eigenvalue weighted by atomic mass is 10.3. The quantitative estimate of drug-likeness (QED) is 0.356. The van der Waals surface area contributed by atoms with Crippen molar-refractivity contribution in [2.45, 2.75) is 0 Å². The molecule has 2 heterocycles. The summed E-state index contributed by atoms with van der Waals surface area (Å²) in [6, 6.07) is 14.8. The Labute approximate surface area is 190 Å². The van der Waals surface area contributed by atoms with Gasteiger partial charge < -0.3 is 24.8 Å². The van der Waals surface area contributed by atoms with E-state index in [4.69, 9.17) is 14.2 Å². The minimum absolute atomic E-state index is 0.0287. The Balaban J connectivity index is 1.42. The SMILES string of the molecule is COCCOCC(=O)Nc1ccc(Nc2ncc3cnn(-c4ccc(OC)cc4)c3n2)cc1. The third kappa shape index (κ3) is 5.62. The molecule has 0 aliphatic carbocycles. The number of ether oxygens (including phenoxy) is 3. The number of amides is 1. The summed E-state index contributed by atoms with van der Waals surface area (Å²) in [5.41, 5.74) is 2.98. The maximum atomic E-state index is 11.9. The van der Waals surface area contributed by atoms with E-state index in [1.807, 2.05) is 36.4 Å². The summed E-state index contributed by atoms with van der Waals surface area (Å²) in [5, 5.41) is 11.2. The van der Waals surface area contributed by atoms with Gasteiger partial charge in [-0.25, -0.2) is 9.67 Å². The van der Waals surface area contributed by atoms with Crippen molar-refractivity contribution in [2.24, 2.45) is 0 Å². The highest BCUT2D eigenvalue weighted by molar-refractivity contribution is 5.91. The molecule has 0 aliphatic heterocycles. The first-order valence-electron chi connectivity index (χ1n) is 10.2. The van der Waals surface area contributed by atoms with E-state index in [1.54, 1.807) is 43.4 Å². The van der Waals surface area contributed by atoms with Crippen molar-refractivity contribution in [3.63, 3.8) is 0 Å². The van der Waals surface area contributed by atoms with Crippen LogP contribution in [-0.4, -0.2) is 59.7 Å². The van der Waals surface area contributed by atoms with E-state index >= 15 is 0 Å². The van der Waals surface area contributed by atoms with E-state index < -0.39 is 0 Å². The number of hydrogen-bond donors (Lipinski definition) is 2. The molecule has 10 nitrogen and oxygen atoms in total. The third-order valence-corrected chi connectivity index (χ3v) is 4.72. The summed E-state index contributed by atoms with van der Waals surface area (Å²) >= 11 is 0. The average molecular weight is 448 g/mol. The van der Waals surface area contributed by atoms with Crippen LogP contribution < -0.4 is 15.4 Å². The Kier molecular flexibility index (Phi) is 7.08. The maximum Gasteiger partial charge on any atom is 0.250 e. The normalized spacial score (nSPS) is 10.8. The van der Waals surface area contributed by atoms with E-state index in [1.165, 1.54) is 0 Å². The van der Waals surface area contributed by atoms with E-state index in [2.05, 4.69) is 25.7 Å². The Hall–Kier alpha value is -4.02. The second-order valence-corrected chi connectivity index (χ2v) is 7.02. The van der Waals surface area contributed by atoms with Gasteiger partial charge in [-0.15, -0.1) is 0 Å². The van der Waals surface area contributed by atoms with Crippen LogP contribution in [0.15, 0.2) is 60.9 Å². The molecule has 0 radical (unpaired) electrons. The topological polar surface area (TPSA) is 112 Å². The number of aromatic nitrogens is 4. The van der Waals surface area contributed by atoms with Crippen molar-refractivity contribution in [3.05, 3.63) is 60.9 Å². The van der Waals surface area contributed by atoms with Crippen molar-refractivity contribution < 1.29 is 19.0 Å². The molecule has 0 bridgehead atoms. The molecule has 10 heteroatoms. The minimum Gasteiger partial charge on any atom is -0.497 e. The Morgan fingerprint density at radius 3 is 2.45 bits per heavy atom. The number of methoxy groups -OCH3 is 2. The molecule has 0 saturated carbocycles. The van der Waals surface area contributed by atoms with Crippen molar-refractivity contribution in [1.82, 2.24) is 19.7 Å². The van der Waals surface area contributed by atoms with Gasteiger partial charge in [-0.3, -0.25) is 4.79 Å². The number of rotatable bonds is 10. The van der Waals surface area contributed by atoms with E-state index in [0.717, 1.165) is 22.5 Å². The van der Waals surface area contributed by atoms with Crippen molar-refractivity contribution in [2.75, 3.05) is 44.7 Å². The number of carbonyl (C=O) groups is 1. The van der Waals surface area contributed by atoms with Gasteiger partial charge in [-0.2, -0.15) is 10.1 Å². The number of carbonyl (C=O) groups excluding carboxylic acids is 1. The highest BCUT2D eigenvalue weighted by Gasteiger charge is 2.09. The first-order chi connectivity index (χ1) is 16.2. The number of fused-ring (bicyclic) bond motifs is 1. The molecule has 1 amide bonds. The molecule has 2 aromatic carbocycles. The molecule has 0 aliphatic rings. The Morgan fingerprint density at radius 2 is 1.73 bits per heavy atom. The zero-order chi connectivity index (χ0) is 23.0. The molecule has 33 heavy (non-hydrogen) atoms. The van der Waals surface area contributed by atoms with Gasteiger partial charge >= 0.3 is 0 Å². The van der Waals surface area contributed by atoms with Gasteiger partial charge in [0.25, 0.3) is 0 Å². The largest absolute Gasteiger partial charge is 0.497 e. The molecule has 170 valence electrons. The molecular weight excluding hydrogens is 424 g/mol. The van der Waals surface area contributed by atoms with Crippen LogP contribution in [0.2, 0.25) is 0 Å². The number of nitrogens with one attached hydrogen (secondary N) is 2. The highest BCUT2D eigenvalue weighted by atomic mass is 16.5. The van der Waals surface area contributed by atoms with Crippen LogP contribution in [0.3, 0.4) is 0 Å². The second-order valence-electron chi connectivity index (χ2n) is 7.02. The lowest BCUT2D eigenvalue weighted by Crippen LogP contribution is -2.19. The fourth-order valence-electron chi connectivity index (χ4n) is 3.06. The van der Waals surface area contributed by atoms with E-state index in [-0.39, 0.29) is 12.5 Å². The van der Waals surface area contributed by atoms with Crippen LogP contribution in [0.1, 0.15) is 0 Å². The summed E-state index contributed by atoms with van der Waals surface area (Å²) < 4.78 is 17.1. The standard InChI is InChI=1S/C23H24N6O4/c1-31-11-12-33-15-21(30)26-17-3-5-18(6-4-17)27-23-24-13-16-14-25-29(22(16)28-23)19-7-9-20(32-2)10-8-19/h3-10,13-14H,11-12,15H2,1-2H3,(H,26,30)(H,24,27,28). The summed E-state index contributed by atoms with van der Waals surface area (Å²) in [5.74, 6) is 0.971. The van der Waals surface area contributed by atoms with Crippen LogP contribution in [-0.2, 0) is 14.3 Å². The minimum atomic E-state index is -0.229. The first kappa shape index (κ1) is 22.2. The second kappa shape index (κ2) is 10.5. The maximum absolute atomic E-state index is 11.9. The van der Waals surface area contributed by atoms with Gasteiger partial charge in [0.2, 0.25) is 11.9 Å². The fourth-order valence-corrected chi connectivity index (χ4v) is 3.06. The van der Waals surface area contributed by atoms with Crippen LogP contribution in [0.5, 0.6) is 5.75 Å². The van der Waals surface area contributed by atoms with Crippen LogP contribution in [0, 0.1) is 0 Å². The van der Waals surface area contributed by atoms with Crippen molar-refractivity contribution >= 4 is 34.3 Å². The molecule has 0 atom stereocenters. The van der Waals surface area contributed by atoms with Gasteiger partial charge in [-0.1, -0.05) is 0 Å². The van der Waals surface area contributed by atoms with Crippen molar-refractivity contribution in [3.8, 4) is 11.4 Å². The molecule has 2 N–H and O–H groups in total. The van der Waals surface area contributed by atoms with Gasteiger partial charge in [0.05, 0.1) is 37.6 Å². The first-order valence-corrected chi connectivity index (χ1v) is 10.2. The zero-order valence-corrected chi connectivity index (χ0v) is 18.3. The predicted molar refractivity (Wildman–Crippen MR) is 124 cm³/mol. The van der Waals surface area contributed by atoms with Gasteiger partial charge in [0.15, 0.2) is 5.65 Å². The zero-order valence-electron chi connectivity index (χ0n) is 18.3. The number of hydrogen-bond acceptors (Lipinski definition) is 8. The van der Waals surface area contributed by atoms with Crippen LogP contribution in [0.25, 0.3) is 16.7 Å². The van der Waals surface area contributed by atoms with Crippen LogP contribution in [0.4, 0.5) is 17.3 Å². The summed E-state index contributed by atoms with van der Waals surface area (Å²) in [4.78, 5) is 20.9. The molecular formula is C23H24N6O4. The van der Waals surface area contributed by atoms with E-state index in [9.17, 15) is 4.79 Å². The average Bonchev–Trinajstić information content (AvgIpc) is 3.26. The monoisotopic (exact) mass is 448 g/mol. The molecule has 0 unspecified atom stereocenters. The van der Waals surface area contributed by atoms with Gasteiger partial charge in [-0.05, 0) is 48.5 Å². The number of benzene rings is 2. The lowest BCUT2D eigenvalue weighted by Gasteiger charge is -2.09. The molecule has 4 rings (SSSR count). The molecule has 4 aromatic rings. The van der Waals surface area contributed by atoms with Gasteiger partial charge in [0.1, 0.15) is 12.4 Å². The fraction of sp³-hybridized carbons (Fsp3) is 0.217.